The molecule has 0 atom stereocenters. The maximum Gasteiger partial charge on any atom is 0.417 e. The van der Waals surface area contributed by atoms with E-state index in [9.17, 15) is 13.2 Å². The Morgan fingerprint density at radius 3 is 2.72 bits per heavy atom. The van der Waals surface area contributed by atoms with E-state index in [0.717, 1.165) is 6.07 Å². The zero-order valence-electron chi connectivity index (χ0n) is 9.59. The Bertz CT molecular complexity index is 469. The van der Waals surface area contributed by atoms with Crippen LogP contribution in [0.15, 0.2) is 36.0 Å². The van der Waals surface area contributed by atoms with Crippen molar-refractivity contribution in [3.05, 3.63) is 47.0 Å². The first kappa shape index (κ1) is 14.6. The van der Waals surface area contributed by atoms with E-state index in [2.05, 4.69) is 11.7 Å². The molecule has 1 rings (SSSR count). The van der Waals surface area contributed by atoms with Crippen molar-refractivity contribution in [1.82, 2.24) is 0 Å². The summed E-state index contributed by atoms with van der Waals surface area (Å²) in [6.07, 6.45) is -3.02. The second kappa shape index (κ2) is 5.91. The van der Waals surface area contributed by atoms with Crippen LogP contribution in [0, 0.1) is 0 Å². The molecule has 1 aromatic rings. The largest absolute Gasteiger partial charge is 0.417 e. The van der Waals surface area contributed by atoms with Crippen LogP contribution in [0.2, 0.25) is 5.02 Å². The number of nitrogens with zero attached hydrogens (tertiary/aromatic N) is 1. The number of oxime groups is 1. The molecule has 0 saturated carbocycles. The van der Waals surface area contributed by atoms with Crippen molar-refractivity contribution < 1.29 is 18.0 Å². The molecule has 2 nitrogen and oxygen atoms in total. The predicted octanol–water partition coefficient (Wildman–Crippen LogP) is 4.29. The van der Waals surface area contributed by atoms with E-state index < -0.39 is 11.7 Å². The van der Waals surface area contributed by atoms with E-state index >= 15 is 0 Å². The van der Waals surface area contributed by atoms with Crippen molar-refractivity contribution in [1.29, 1.82) is 0 Å². The number of hydrogen-bond acceptors (Lipinski definition) is 2. The number of alkyl halides is 3. The van der Waals surface area contributed by atoms with E-state index in [1.54, 1.807) is 0 Å². The average molecular weight is 278 g/mol. The maximum absolute atomic E-state index is 12.8. The van der Waals surface area contributed by atoms with Crippen LogP contribution in [0.4, 0.5) is 13.2 Å². The predicted molar refractivity (Wildman–Crippen MR) is 64.8 cm³/mol. The lowest BCUT2D eigenvalue weighted by atomic mass is 10.0. The first-order valence-corrected chi connectivity index (χ1v) is 5.38. The summed E-state index contributed by atoms with van der Waals surface area (Å²) in [6.45, 7) is 4.95. The lowest BCUT2D eigenvalue weighted by Gasteiger charge is -2.12. The van der Waals surface area contributed by atoms with Crippen LogP contribution < -0.4 is 0 Å². The van der Waals surface area contributed by atoms with Crippen molar-refractivity contribution in [2.24, 2.45) is 5.16 Å². The van der Waals surface area contributed by atoms with E-state index in [1.807, 2.05) is 0 Å². The third kappa shape index (κ3) is 3.77. The number of benzene rings is 1. The molecule has 0 aliphatic heterocycles. The summed E-state index contributed by atoms with van der Waals surface area (Å²) in [5, 5.41) is 3.79. The highest BCUT2D eigenvalue weighted by Gasteiger charge is 2.34. The summed E-state index contributed by atoms with van der Waals surface area (Å²) in [7, 11) is 0. The summed E-state index contributed by atoms with van der Waals surface area (Å²) in [6, 6.07) is 3.32. The summed E-state index contributed by atoms with van der Waals surface area (Å²) in [5.41, 5.74) is -0.791. The van der Waals surface area contributed by atoms with Gasteiger partial charge in [0.25, 0.3) is 0 Å². The topological polar surface area (TPSA) is 21.6 Å². The summed E-state index contributed by atoms with van der Waals surface area (Å²) < 4.78 is 38.3. The van der Waals surface area contributed by atoms with Gasteiger partial charge in [-0.3, -0.25) is 0 Å². The Balaban J connectivity index is 3.17. The second-order valence-electron chi connectivity index (χ2n) is 3.45. The fraction of sp³-hybridized carbons (Fsp3) is 0.250. The molecule has 0 saturated heterocycles. The Morgan fingerprint density at radius 2 is 2.17 bits per heavy atom. The molecular formula is C12H11ClF3NO. The highest BCUT2D eigenvalue weighted by atomic mass is 35.5. The molecule has 0 N–H and O–H groups in total. The van der Waals surface area contributed by atoms with E-state index in [0.29, 0.717) is 0 Å². The summed E-state index contributed by atoms with van der Waals surface area (Å²) >= 11 is 5.69. The van der Waals surface area contributed by atoms with Gasteiger partial charge in [0.05, 0.1) is 11.3 Å². The molecule has 0 unspecified atom stereocenters. The van der Waals surface area contributed by atoms with Gasteiger partial charge in [0.15, 0.2) is 0 Å². The normalized spacial score (nSPS) is 12.4. The van der Waals surface area contributed by atoms with Crippen molar-refractivity contribution in [2.45, 2.75) is 13.1 Å². The molecule has 0 radical (unpaired) electrons. The minimum absolute atomic E-state index is 0.0981. The van der Waals surface area contributed by atoms with Gasteiger partial charge in [0.1, 0.15) is 6.61 Å². The zero-order valence-corrected chi connectivity index (χ0v) is 10.3. The molecule has 1 aromatic carbocycles. The highest BCUT2D eigenvalue weighted by molar-refractivity contribution is 6.31. The van der Waals surface area contributed by atoms with Crippen LogP contribution in [0.1, 0.15) is 18.1 Å². The average Bonchev–Trinajstić information content (AvgIpc) is 2.27. The molecule has 0 bridgehead atoms. The minimum Gasteiger partial charge on any atom is -0.391 e. The smallest absolute Gasteiger partial charge is 0.391 e. The molecule has 0 fully saturated rings. The SMILES string of the molecule is C=CCO/N=C(\C)c1cc(Cl)ccc1C(F)(F)F. The van der Waals surface area contributed by atoms with Gasteiger partial charge >= 0.3 is 6.18 Å². The molecule has 0 amide bonds. The molecule has 0 heterocycles. The van der Waals surface area contributed by atoms with Crippen LogP contribution >= 0.6 is 11.6 Å². The molecule has 0 aliphatic rings. The standard InChI is InChI=1S/C12H11ClF3NO/c1-3-6-18-17-8(2)10-7-9(13)4-5-11(10)12(14,15)16/h3-5,7H,1,6H2,2H3/b17-8+. The van der Waals surface area contributed by atoms with Crippen LogP contribution in [-0.2, 0) is 11.0 Å². The summed E-state index contributed by atoms with van der Waals surface area (Å²) in [5.74, 6) is 0. The number of hydrogen-bond donors (Lipinski definition) is 0. The van der Waals surface area contributed by atoms with E-state index in [-0.39, 0.29) is 22.9 Å². The number of halogens is 4. The molecule has 0 spiro atoms. The monoisotopic (exact) mass is 277 g/mol. The first-order valence-electron chi connectivity index (χ1n) is 5.01. The molecular weight excluding hydrogens is 267 g/mol. The van der Waals surface area contributed by atoms with Gasteiger partial charge < -0.3 is 4.84 Å². The van der Waals surface area contributed by atoms with E-state index in [4.69, 9.17) is 16.4 Å². The quantitative estimate of drug-likeness (QED) is 0.348. The Kier molecular flexibility index (Phi) is 4.78. The van der Waals surface area contributed by atoms with Gasteiger partial charge in [-0.25, -0.2) is 0 Å². The zero-order chi connectivity index (χ0) is 13.8. The highest BCUT2D eigenvalue weighted by Crippen LogP contribution is 2.33. The molecule has 0 aliphatic carbocycles. The minimum atomic E-state index is -4.46. The summed E-state index contributed by atoms with van der Waals surface area (Å²) in [4.78, 5) is 4.77. The second-order valence-corrected chi connectivity index (χ2v) is 3.89. The fourth-order valence-electron chi connectivity index (χ4n) is 1.30. The molecule has 6 heteroatoms. The first-order chi connectivity index (χ1) is 8.36. The van der Waals surface area contributed by atoms with Crippen LogP contribution in [-0.4, -0.2) is 12.3 Å². The van der Waals surface area contributed by atoms with Gasteiger partial charge in [-0.15, -0.1) is 0 Å². The third-order valence-corrected chi connectivity index (χ3v) is 2.31. The van der Waals surface area contributed by atoms with Gasteiger partial charge in [-0.05, 0) is 25.1 Å². The third-order valence-electron chi connectivity index (χ3n) is 2.07. The lowest BCUT2D eigenvalue weighted by Crippen LogP contribution is -2.12. The Labute approximate surface area is 108 Å². The van der Waals surface area contributed by atoms with Crippen LogP contribution in [0.25, 0.3) is 0 Å². The molecule has 18 heavy (non-hydrogen) atoms. The van der Waals surface area contributed by atoms with Crippen LogP contribution in [0.5, 0.6) is 0 Å². The van der Waals surface area contributed by atoms with Crippen molar-refractivity contribution in [3.63, 3.8) is 0 Å². The Morgan fingerprint density at radius 1 is 1.50 bits per heavy atom. The maximum atomic E-state index is 12.8. The van der Waals surface area contributed by atoms with Crippen LogP contribution in [0.3, 0.4) is 0 Å². The van der Waals surface area contributed by atoms with Gasteiger partial charge in [-0.2, -0.15) is 13.2 Å². The Hall–Kier alpha value is -1.49. The molecule has 98 valence electrons. The van der Waals surface area contributed by atoms with Gasteiger partial charge in [0.2, 0.25) is 0 Å². The molecule has 0 aromatic heterocycles. The fourth-order valence-corrected chi connectivity index (χ4v) is 1.47. The van der Waals surface area contributed by atoms with E-state index in [1.165, 1.54) is 25.1 Å². The van der Waals surface area contributed by atoms with Gasteiger partial charge in [-0.1, -0.05) is 29.4 Å². The number of rotatable bonds is 4. The van der Waals surface area contributed by atoms with Crippen molar-refractivity contribution >= 4 is 17.3 Å². The van der Waals surface area contributed by atoms with Gasteiger partial charge in [0, 0.05) is 10.6 Å². The van der Waals surface area contributed by atoms with Crippen molar-refractivity contribution in [3.8, 4) is 0 Å². The van der Waals surface area contributed by atoms with Crippen molar-refractivity contribution in [2.75, 3.05) is 6.61 Å². The lowest BCUT2D eigenvalue weighted by molar-refractivity contribution is -0.137.